The Balaban J connectivity index is 2.27. The zero-order chi connectivity index (χ0) is 20.0. The number of carbonyl (C=O) groups excluding carboxylic acids is 1. The van der Waals surface area contributed by atoms with Crippen molar-refractivity contribution in [2.45, 2.75) is 25.7 Å². The van der Waals surface area contributed by atoms with Gasteiger partial charge in [0.2, 0.25) is 15.9 Å². The largest absolute Gasteiger partial charge is 0.495 e. The minimum absolute atomic E-state index is 0.0907. The fourth-order valence-corrected chi connectivity index (χ4v) is 4.02. The van der Waals surface area contributed by atoms with Crippen LogP contribution in [0, 0.1) is 6.92 Å². The maximum Gasteiger partial charge on any atom is 0.248 e. The summed E-state index contributed by atoms with van der Waals surface area (Å²) in [6.07, 6.45) is 2.84. The topological polar surface area (TPSA) is 88.9 Å². The fraction of sp³-hybridized carbons (Fsp3) is 0.316. The van der Waals surface area contributed by atoms with E-state index in [1.807, 2.05) is 6.92 Å². The van der Waals surface area contributed by atoms with E-state index in [0.29, 0.717) is 24.6 Å². The lowest BCUT2D eigenvalue weighted by Gasteiger charge is -2.19. The van der Waals surface area contributed by atoms with Gasteiger partial charge in [0.15, 0.2) is 0 Å². The number of ether oxygens (including phenoxy) is 1. The first-order valence-electron chi connectivity index (χ1n) is 8.55. The summed E-state index contributed by atoms with van der Waals surface area (Å²) in [6.45, 7) is 6.07. The van der Waals surface area contributed by atoms with Crippen LogP contribution in [0.1, 0.15) is 25.4 Å². The second kappa shape index (κ2) is 8.88. The summed E-state index contributed by atoms with van der Waals surface area (Å²) in [6, 6.07) is 7.92. The van der Waals surface area contributed by atoms with Crippen LogP contribution < -0.4 is 10.1 Å². The number of hydrogen-bond acceptors (Lipinski definition) is 5. The van der Waals surface area contributed by atoms with Crippen LogP contribution in [0.25, 0.3) is 6.08 Å². The maximum absolute atomic E-state index is 12.7. The number of aryl methyl sites for hydroxylation is 1. The molecule has 0 aliphatic rings. The predicted molar refractivity (Wildman–Crippen MR) is 104 cm³/mol. The number of furan rings is 1. The van der Waals surface area contributed by atoms with Gasteiger partial charge in [0.05, 0.1) is 17.7 Å². The Kier molecular flexibility index (Phi) is 6.81. The van der Waals surface area contributed by atoms with E-state index in [1.165, 1.54) is 41.8 Å². The normalized spacial score (nSPS) is 11.9. The highest BCUT2D eigenvalue weighted by atomic mass is 32.2. The molecule has 0 atom stereocenters. The third kappa shape index (κ3) is 4.99. The number of hydrogen-bond donors (Lipinski definition) is 1. The number of benzene rings is 1. The highest BCUT2D eigenvalue weighted by Crippen LogP contribution is 2.29. The molecule has 0 saturated carbocycles. The average molecular weight is 392 g/mol. The quantitative estimate of drug-likeness (QED) is 0.697. The summed E-state index contributed by atoms with van der Waals surface area (Å²) in [5.41, 5.74) is 0.274. The molecule has 1 heterocycles. The van der Waals surface area contributed by atoms with Gasteiger partial charge < -0.3 is 14.5 Å². The van der Waals surface area contributed by atoms with E-state index in [4.69, 9.17) is 9.15 Å². The zero-order valence-electron chi connectivity index (χ0n) is 15.9. The summed E-state index contributed by atoms with van der Waals surface area (Å²) >= 11 is 0. The summed E-state index contributed by atoms with van der Waals surface area (Å²) in [4.78, 5) is 12.3. The van der Waals surface area contributed by atoms with E-state index in [9.17, 15) is 13.2 Å². The predicted octanol–water partition coefficient (Wildman–Crippen LogP) is 3.28. The molecule has 7 nitrogen and oxygen atoms in total. The van der Waals surface area contributed by atoms with Crippen molar-refractivity contribution in [1.29, 1.82) is 0 Å². The smallest absolute Gasteiger partial charge is 0.248 e. The van der Waals surface area contributed by atoms with E-state index in [0.717, 1.165) is 5.76 Å². The lowest BCUT2D eigenvalue weighted by molar-refractivity contribution is -0.111. The van der Waals surface area contributed by atoms with Crippen molar-refractivity contribution in [3.63, 3.8) is 0 Å². The van der Waals surface area contributed by atoms with Gasteiger partial charge in [-0.25, -0.2) is 8.42 Å². The van der Waals surface area contributed by atoms with Crippen LogP contribution >= 0.6 is 0 Å². The molecule has 146 valence electrons. The van der Waals surface area contributed by atoms with Crippen molar-refractivity contribution in [2.24, 2.45) is 0 Å². The molecule has 27 heavy (non-hydrogen) atoms. The summed E-state index contributed by atoms with van der Waals surface area (Å²) < 4.78 is 37.3. The standard InChI is InChI=1S/C19H24N2O5S/c1-5-21(6-2)27(23,24)16-10-11-18(25-4)17(13-16)20-19(22)12-9-15-8-7-14(3)26-15/h7-13H,5-6H2,1-4H3,(H,20,22)/b12-9+. The van der Waals surface area contributed by atoms with Crippen LogP contribution in [0.5, 0.6) is 5.75 Å². The fourth-order valence-electron chi connectivity index (χ4n) is 2.53. The first-order chi connectivity index (χ1) is 12.8. The van der Waals surface area contributed by atoms with E-state index in [2.05, 4.69) is 5.32 Å². The number of rotatable bonds is 8. The van der Waals surface area contributed by atoms with Crippen LogP contribution in [0.3, 0.4) is 0 Å². The number of methoxy groups -OCH3 is 1. The van der Waals surface area contributed by atoms with Crippen molar-refractivity contribution >= 4 is 27.7 Å². The third-order valence-electron chi connectivity index (χ3n) is 3.93. The Morgan fingerprint density at radius 1 is 1.22 bits per heavy atom. The molecule has 0 spiro atoms. The molecular formula is C19H24N2O5S. The van der Waals surface area contributed by atoms with Gasteiger partial charge in [0.1, 0.15) is 17.3 Å². The van der Waals surface area contributed by atoms with Crippen LogP contribution in [0.4, 0.5) is 5.69 Å². The van der Waals surface area contributed by atoms with E-state index in [1.54, 1.807) is 26.0 Å². The third-order valence-corrected chi connectivity index (χ3v) is 5.98. The van der Waals surface area contributed by atoms with Crippen LogP contribution in [-0.4, -0.2) is 38.8 Å². The number of sulfonamides is 1. The molecule has 0 aliphatic carbocycles. The number of carbonyl (C=O) groups is 1. The minimum atomic E-state index is -3.64. The molecular weight excluding hydrogens is 368 g/mol. The second-order valence-electron chi connectivity index (χ2n) is 5.72. The van der Waals surface area contributed by atoms with Gasteiger partial charge in [-0.2, -0.15) is 4.31 Å². The van der Waals surface area contributed by atoms with Gasteiger partial charge in [-0.15, -0.1) is 0 Å². The molecule has 8 heteroatoms. The molecule has 0 radical (unpaired) electrons. The minimum Gasteiger partial charge on any atom is -0.495 e. The lowest BCUT2D eigenvalue weighted by atomic mass is 10.3. The molecule has 0 saturated heterocycles. The molecule has 0 aliphatic heterocycles. The molecule has 1 N–H and O–H groups in total. The van der Waals surface area contributed by atoms with Gasteiger partial charge in [0.25, 0.3) is 0 Å². The van der Waals surface area contributed by atoms with Crippen molar-refractivity contribution in [1.82, 2.24) is 4.31 Å². The monoisotopic (exact) mass is 392 g/mol. The summed E-state index contributed by atoms with van der Waals surface area (Å²) in [5, 5.41) is 2.65. The Hall–Kier alpha value is -2.58. The molecule has 2 aromatic rings. The molecule has 1 aromatic heterocycles. The molecule has 2 rings (SSSR count). The van der Waals surface area contributed by atoms with Gasteiger partial charge in [-0.1, -0.05) is 13.8 Å². The average Bonchev–Trinajstić information content (AvgIpc) is 3.06. The molecule has 1 amide bonds. The molecule has 0 bridgehead atoms. The molecule has 0 unspecified atom stereocenters. The highest BCUT2D eigenvalue weighted by molar-refractivity contribution is 7.89. The molecule has 1 aromatic carbocycles. The first-order valence-corrected chi connectivity index (χ1v) is 9.99. The second-order valence-corrected chi connectivity index (χ2v) is 7.66. The first kappa shape index (κ1) is 20.7. The number of nitrogens with zero attached hydrogens (tertiary/aromatic N) is 1. The Bertz CT molecular complexity index is 927. The number of amides is 1. The van der Waals surface area contributed by atoms with Crippen molar-refractivity contribution in [3.8, 4) is 5.75 Å². The lowest BCUT2D eigenvalue weighted by Crippen LogP contribution is -2.30. The van der Waals surface area contributed by atoms with E-state index in [-0.39, 0.29) is 10.6 Å². The summed E-state index contributed by atoms with van der Waals surface area (Å²) in [5.74, 6) is 1.22. The van der Waals surface area contributed by atoms with Gasteiger partial charge in [-0.3, -0.25) is 4.79 Å². The molecule has 0 fully saturated rings. The maximum atomic E-state index is 12.7. The number of nitrogens with one attached hydrogen (secondary N) is 1. The summed E-state index contributed by atoms with van der Waals surface area (Å²) in [7, 11) is -2.19. The van der Waals surface area contributed by atoms with Crippen LogP contribution in [0.15, 0.2) is 45.7 Å². The SMILES string of the molecule is CCN(CC)S(=O)(=O)c1ccc(OC)c(NC(=O)/C=C/c2ccc(C)o2)c1. The van der Waals surface area contributed by atoms with Crippen LogP contribution in [0.2, 0.25) is 0 Å². The number of anilines is 1. The Labute approximate surface area is 159 Å². The van der Waals surface area contributed by atoms with Crippen molar-refractivity contribution in [2.75, 3.05) is 25.5 Å². The van der Waals surface area contributed by atoms with E-state index < -0.39 is 15.9 Å². The van der Waals surface area contributed by atoms with Crippen molar-refractivity contribution in [3.05, 3.63) is 47.9 Å². The Morgan fingerprint density at radius 2 is 1.93 bits per heavy atom. The van der Waals surface area contributed by atoms with E-state index >= 15 is 0 Å². The van der Waals surface area contributed by atoms with Crippen LogP contribution in [-0.2, 0) is 14.8 Å². The Morgan fingerprint density at radius 3 is 2.48 bits per heavy atom. The van der Waals surface area contributed by atoms with Gasteiger partial charge in [0, 0.05) is 19.2 Å². The highest BCUT2D eigenvalue weighted by Gasteiger charge is 2.23. The van der Waals surface area contributed by atoms with Gasteiger partial charge in [-0.05, 0) is 43.3 Å². The zero-order valence-corrected chi connectivity index (χ0v) is 16.7. The van der Waals surface area contributed by atoms with Crippen molar-refractivity contribution < 1.29 is 22.4 Å². The van der Waals surface area contributed by atoms with Gasteiger partial charge >= 0.3 is 0 Å².